The number of hydrogen-bond donors (Lipinski definition) is 0. The number of methoxy groups -OCH3 is 1. The van der Waals surface area contributed by atoms with Gasteiger partial charge in [-0.25, -0.2) is 0 Å². The van der Waals surface area contributed by atoms with Crippen LogP contribution in [0, 0.1) is 58.7 Å². The molecule has 0 spiro atoms. The second kappa shape index (κ2) is 6.97. The van der Waals surface area contributed by atoms with E-state index in [4.69, 9.17) is 9.47 Å². The van der Waals surface area contributed by atoms with Crippen molar-refractivity contribution >= 4 is 11.9 Å². The summed E-state index contributed by atoms with van der Waals surface area (Å²) in [5.41, 5.74) is -0.797. The number of rotatable bonds is 5. The molecule has 9 atom stereocenters. The van der Waals surface area contributed by atoms with Gasteiger partial charge in [0.1, 0.15) is 5.60 Å². The average Bonchev–Trinajstić information content (AvgIpc) is 3.42. The fraction of sp³-hybridized carbons (Fsp3) is 0.926. The predicted molar refractivity (Wildman–Crippen MR) is 117 cm³/mol. The lowest BCUT2D eigenvalue weighted by molar-refractivity contribution is -0.215. The molecule has 0 aromatic carbocycles. The summed E-state index contributed by atoms with van der Waals surface area (Å²) < 4.78 is 11.8. The molecule has 172 valence electrons. The van der Waals surface area contributed by atoms with Crippen LogP contribution in [0.15, 0.2) is 0 Å². The number of carbonyl (C=O) groups is 2. The molecule has 31 heavy (non-hydrogen) atoms. The van der Waals surface area contributed by atoms with Crippen molar-refractivity contribution in [3.63, 3.8) is 0 Å². The molecular formula is C27H40O4. The van der Waals surface area contributed by atoms with Gasteiger partial charge < -0.3 is 9.47 Å². The molecule has 4 nitrogen and oxygen atoms in total. The first-order chi connectivity index (χ1) is 14.9. The maximum Gasteiger partial charge on any atom is 0.311 e. The monoisotopic (exact) mass is 428 g/mol. The third-order valence-electron chi connectivity index (χ3n) is 11.1. The number of hydrogen-bond acceptors (Lipinski definition) is 4. The smallest absolute Gasteiger partial charge is 0.311 e. The zero-order chi connectivity index (χ0) is 21.5. The Bertz CT molecular complexity index is 759. The lowest BCUT2D eigenvalue weighted by atomic mass is 9.48. The lowest BCUT2D eigenvalue weighted by Gasteiger charge is -2.59. The predicted octanol–water partition coefficient (Wildman–Crippen LogP) is 5.39. The van der Waals surface area contributed by atoms with Crippen molar-refractivity contribution in [1.29, 1.82) is 0 Å². The number of carbonyl (C=O) groups excluding carboxylic acids is 2. The second-order valence-electron chi connectivity index (χ2n) is 12.6. The fourth-order valence-corrected chi connectivity index (χ4v) is 10.7. The average molecular weight is 429 g/mol. The minimum absolute atomic E-state index is 0.0628. The molecule has 7 aliphatic carbocycles. The molecule has 0 amide bonds. The maximum absolute atomic E-state index is 13.7. The molecule has 7 rings (SSSR count). The molecule has 4 heteroatoms. The zero-order valence-electron chi connectivity index (χ0n) is 19.6. The first-order valence-corrected chi connectivity index (χ1v) is 13.2. The first kappa shape index (κ1) is 20.5. The molecule has 0 radical (unpaired) electrons. The van der Waals surface area contributed by atoms with E-state index in [-0.39, 0.29) is 17.9 Å². The van der Waals surface area contributed by atoms with Crippen LogP contribution < -0.4 is 0 Å². The minimum atomic E-state index is -0.400. The van der Waals surface area contributed by atoms with Crippen LogP contribution in [0.3, 0.4) is 0 Å². The Morgan fingerprint density at radius 2 is 1.55 bits per heavy atom. The molecule has 0 saturated heterocycles. The van der Waals surface area contributed by atoms with Crippen LogP contribution in [0.2, 0.25) is 0 Å². The SMILES string of the molecule is CCC1CC(CC)C2C3CC(CC3C(=O)OC34CC5CC(C3)CC(C(=O)OC)(C5)C4)C12. The van der Waals surface area contributed by atoms with Gasteiger partial charge >= 0.3 is 11.9 Å². The third kappa shape index (κ3) is 2.84. The Balaban J connectivity index is 1.21. The third-order valence-corrected chi connectivity index (χ3v) is 11.1. The van der Waals surface area contributed by atoms with E-state index in [1.807, 2.05) is 0 Å². The largest absolute Gasteiger partial charge is 0.469 e. The molecular weight excluding hydrogens is 388 g/mol. The van der Waals surface area contributed by atoms with Crippen molar-refractivity contribution in [2.24, 2.45) is 58.7 Å². The van der Waals surface area contributed by atoms with Crippen LogP contribution >= 0.6 is 0 Å². The normalized spacial score (nSPS) is 53.6. The maximum atomic E-state index is 13.7. The quantitative estimate of drug-likeness (QED) is 0.551. The lowest BCUT2D eigenvalue weighted by Crippen LogP contribution is -2.60. The van der Waals surface area contributed by atoms with Crippen LogP contribution in [-0.4, -0.2) is 24.6 Å². The van der Waals surface area contributed by atoms with Gasteiger partial charge in [-0.3, -0.25) is 9.59 Å². The molecule has 7 fully saturated rings. The van der Waals surface area contributed by atoms with Crippen molar-refractivity contribution in [3.8, 4) is 0 Å². The summed E-state index contributed by atoms with van der Waals surface area (Å²) in [5, 5.41) is 0. The standard InChI is InChI=1S/C27H40O4/c1-4-17-7-18(5-2)23-20-8-19(22(17)23)9-21(20)24(28)31-27-12-15-6-16(13-27)11-26(10-15,14-27)25(29)30-3/h15-23H,4-14H2,1-3H3. The Morgan fingerprint density at radius 3 is 2.19 bits per heavy atom. The van der Waals surface area contributed by atoms with E-state index in [1.165, 1.54) is 39.2 Å². The highest BCUT2D eigenvalue weighted by Crippen LogP contribution is 2.67. The zero-order valence-corrected chi connectivity index (χ0v) is 19.6. The van der Waals surface area contributed by atoms with Gasteiger partial charge in [0.05, 0.1) is 18.4 Å². The van der Waals surface area contributed by atoms with Crippen molar-refractivity contribution in [2.45, 2.75) is 90.1 Å². The highest BCUT2D eigenvalue weighted by atomic mass is 16.6. The molecule has 0 N–H and O–H groups in total. The summed E-state index contributed by atoms with van der Waals surface area (Å²) in [7, 11) is 1.51. The van der Waals surface area contributed by atoms with Crippen LogP contribution in [0.4, 0.5) is 0 Å². The molecule has 0 aromatic rings. The second-order valence-corrected chi connectivity index (χ2v) is 12.6. The van der Waals surface area contributed by atoms with E-state index in [9.17, 15) is 9.59 Å². The number of ether oxygens (including phenoxy) is 2. The van der Waals surface area contributed by atoms with E-state index < -0.39 is 11.0 Å². The minimum Gasteiger partial charge on any atom is -0.469 e. The van der Waals surface area contributed by atoms with Gasteiger partial charge in [-0.15, -0.1) is 0 Å². The Kier molecular flexibility index (Phi) is 4.62. The van der Waals surface area contributed by atoms with E-state index in [0.717, 1.165) is 61.7 Å². The fourth-order valence-electron chi connectivity index (χ4n) is 10.7. The molecule has 0 aromatic heterocycles. The van der Waals surface area contributed by atoms with E-state index >= 15 is 0 Å². The summed E-state index contributed by atoms with van der Waals surface area (Å²) in [4.78, 5) is 26.4. The van der Waals surface area contributed by atoms with Gasteiger partial charge in [0.2, 0.25) is 0 Å². The first-order valence-electron chi connectivity index (χ1n) is 13.2. The summed E-state index contributed by atoms with van der Waals surface area (Å²) in [6.07, 6.45) is 12.0. The van der Waals surface area contributed by atoms with Crippen LogP contribution in [0.1, 0.15) is 84.5 Å². The van der Waals surface area contributed by atoms with Crippen LogP contribution in [0.25, 0.3) is 0 Å². The van der Waals surface area contributed by atoms with E-state index in [1.54, 1.807) is 0 Å². The molecule has 6 bridgehead atoms. The van der Waals surface area contributed by atoms with Crippen molar-refractivity contribution < 1.29 is 19.1 Å². The van der Waals surface area contributed by atoms with Gasteiger partial charge in [0, 0.05) is 6.42 Å². The van der Waals surface area contributed by atoms with Crippen molar-refractivity contribution in [1.82, 2.24) is 0 Å². The summed E-state index contributed by atoms with van der Waals surface area (Å²) in [6.45, 7) is 4.71. The molecule has 7 aliphatic rings. The summed E-state index contributed by atoms with van der Waals surface area (Å²) >= 11 is 0. The van der Waals surface area contributed by atoms with Crippen LogP contribution in [0.5, 0.6) is 0 Å². The molecule has 9 unspecified atom stereocenters. The molecule has 0 heterocycles. The highest BCUT2D eigenvalue weighted by Gasteiger charge is 2.65. The summed E-state index contributed by atoms with van der Waals surface area (Å²) in [6, 6.07) is 0. The van der Waals surface area contributed by atoms with Gasteiger partial charge in [-0.2, -0.15) is 0 Å². The summed E-state index contributed by atoms with van der Waals surface area (Å²) in [5.74, 6) is 5.76. The van der Waals surface area contributed by atoms with E-state index in [2.05, 4.69) is 13.8 Å². The van der Waals surface area contributed by atoms with Crippen molar-refractivity contribution in [3.05, 3.63) is 0 Å². The Hall–Kier alpha value is -1.06. The molecule has 7 saturated carbocycles. The van der Waals surface area contributed by atoms with Crippen molar-refractivity contribution in [2.75, 3.05) is 7.11 Å². The van der Waals surface area contributed by atoms with Gasteiger partial charge in [0.25, 0.3) is 0 Å². The molecule has 0 aliphatic heterocycles. The Morgan fingerprint density at radius 1 is 0.871 bits per heavy atom. The van der Waals surface area contributed by atoms with Gasteiger partial charge in [0.15, 0.2) is 0 Å². The number of fused-ring (bicyclic) bond motifs is 5. The van der Waals surface area contributed by atoms with Gasteiger partial charge in [-0.05, 0) is 98.7 Å². The Labute approximate surface area is 187 Å². The van der Waals surface area contributed by atoms with Crippen LogP contribution in [-0.2, 0) is 19.1 Å². The topological polar surface area (TPSA) is 52.6 Å². The number of esters is 2. The highest BCUT2D eigenvalue weighted by molar-refractivity contribution is 5.78. The van der Waals surface area contributed by atoms with E-state index in [0.29, 0.717) is 24.2 Å². The van der Waals surface area contributed by atoms with Gasteiger partial charge in [-0.1, -0.05) is 26.7 Å².